The van der Waals surface area contributed by atoms with Gasteiger partial charge in [0, 0.05) is 12.2 Å². The van der Waals surface area contributed by atoms with E-state index >= 15 is 0 Å². The molecular weight excluding hydrogens is 248 g/mol. The SMILES string of the molecule is CCn1c2c(cc(-c3nnc(N)s3)c1=O)CCC2. The predicted molar refractivity (Wildman–Crippen MR) is 71.7 cm³/mol. The van der Waals surface area contributed by atoms with E-state index in [-0.39, 0.29) is 5.56 Å². The van der Waals surface area contributed by atoms with Gasteiger partial charge < -0.3 is 10.3 Å². The van der Waals surface area contributed by atoms with Crippen molar-refractivity contribution in [3.8, 4) is 10.6 Å². The van der Waals surface area contributed by atoms with Gasteiger partial charge >= 0.3 is 0 Å². The van der Waals surface area contributed by atoms with Gasteiger partial charge in [0.2, 0.25) is 5.13 Å². The van der Waals surface area contributed by atoms with Crippen molar-refractivity contribution in [3.05, 3.63) is 27.7 Å². The summed E-state index contributed by atoms with van der Waals surface area (Å²) in [5.41, 5.74) is 8.69. The molecule has 94 valence electrons. The van der Waals surface area contributed by atoms with Crippen molar-refractivity contribution in [1.29, 1.82) is 0 Å². The number of anilines is 1. The third kappa shape index (κ3) is 1.64. The number of fused-ring (bicyclic) bond motifs is 1. The normalized spacial score (nSPS) is 13.8. The summed E-state index contributed by atoms with van der Waals surface area (Å²) in [6.45, 7) is 2.70. The molecule has 0 bridgehead atoms. The minimum atomic E-state index is 0.0225. The maximum Gasteiger partial charge on any atom is 0.261 e. The summed E-state index contributed by atoms with van der Waals surface area (Å²) >= 11 is 1.26. The van der Waals surface area contributed by atoms with E-state index < -0.39 is 0 Å². The molecule has 2 heterocycles. The summed E-state index contributed by atoms with van der Waals surface area (Å²) in [6, 6.07) is 1.97. The van der Waals surface area contributed by atoms with Gasteiger partial charge in [-0.2, -0.15) is 0 Å². The first-order chi connectivity index (χ1) is 8.70. The monoisotopic (exact) mass is 262 g/mol. The molecule has 3 rings (SSSR count). The number of aryl methyl sites for hydroxylation is 1. The maximum absolute atomic E-state index is 12.4. The van der Waals surface area contributed by atoms with E-state index in [0.717, 1.165) is 19.3 Å². The molecule has 6 heteroatoms. The zero-order chi connectivity index (χ0) is 12.7. The largest absolute Gasteiger partial charge is 0.374 e. The average Bonchev–Trinajstić information content (AvgIpc) is 2.96. The number of hydrogen-bond donors (Lipinski definition) is 1. The van der Waals surface area contributed by atoms with E-state index in [1.165, 1.54) is 22.6 Å². The first-order valence-corrected chi connectivity index (χ1v) is 6.87. The molecule has 1 aliphatic rings. The molecule has 0 aromatic carbocycles. The smallest absolute Gasteiger partial charge is 0.261 e. The lowest BCUT2D eigenvalue weighted by atomic mass is 10.1. The van der Waals surface area contributed by atoms with Crippen molar-refractivity contribution < 1.29 is 0 Å². The van der Waals surface area contributed by atoms with Crippen molar-refractivity contribution >= 4 is 16.5 Å². The number of nitrogens with zero attached hydrogens (tertiary/aromatic N) is 3. The quantitative estimate of drug-likeness (QED) is 0.889. The van der Waals surface area contributed by atoms with E-state index in [0.29, 0.717) is 22.2 Å². The summed E-state index contributed by atoms with van der Waals surface area (Å²) in [6.07, 6.45) is 3.16. The molecule has 0 radical (unpaired) electrons. The van der Waals surface area contributed by atoms with Crippen LogP contribution in [0.3, 0.4) is 0 Å². The summed E-state index contributed by atoms with van der Waals surface area (Å²) in [4.78, 5) is 12.4. The van der Waals surface area contributed by atoms with Crippen LogP contribution in [-0.2, 0) is 19.4 Å². The number of nitrogen functional groups attached to an aromatic ring is 1. The first kappa shape index (κ1) is 11.4. The summed E-state index contributed by atoms with van der Waals surface area (Å²) < 4.78 is 1.86. The van der Waals surface area contributed by atoms with E-state index in [4.69, 9.17) is 5.73 Å². The van der Waals surface area contributed by atoms with Crippen molar-refractivity contribution in [2.45, 2.75) is 32.7 Å². The van der Waals surface area contributed by atoms with Crippen LogP contribution in [0.2, 0.25) is 0 Å². The molecule has 1 aliphatic carbocycles. The van der Waals surface area contributed by atoms with Crippen molar-refractivity contribution in [2.75, 3.05) is 5.73 Å². The molecule has 5 nitrogen and oxygen atoms in total. The molecule has 2 N–H and O–H groups in total. The molecule has 0 saturated carbocycles. The van der Waals surface area contributed by atoms with Gasteiger partial charge in [0.25, 0.3) is 5.56 Å². The molecule has 2 aromatic rings. The Kier molecular flexibility index (Phi) is 2.66. The Morgan fingerprint density at radius 2 is 2.28 bits per heavy atom. The zero-order valence-electron chi connectivity index (χ0n) is 10.1. The van der Waals surface area contributed by atoms with Gasteiger partial charge in [-0.05, 0) is 37.8 Å². The van der Waals surface area contributed by atoms with Gasteiger partial charge in [-0.1, -0.05) is 11.3 Å². The number of rotatable bonds is 2. The topological polar surface area (TPSA) is 73.8 Å². The lowest BCUT2D eigenvalue weighted by molar-refractivity contribution is 0.683. The van der Waals surface area contributed by atoms with Crippen LogP contribution in [0.25, 0.3) is 10.6 Å². The van der Waals surface area contributed by atoms with Gasteiger partial charge in [0.05, 0.1) is 5.56 Å². The van der Waals surface area contributed by atoms with E-state index in [9.17, 15) is 4.79 Å². The standard InChI is InChI=1S/C12H14N4OS/c1-2-16-9-5-3-4-7(9)6-8(11(16)17)10-14-15-12(13)18-10/h6H,2-5H2,1H3,(H2,13,15). The van der Waals surface area contributed by atoms with Gasteiger partial charge in [-0.15, -0.1) is 10.2 Å². The fourth-order valence-electron chi connectivity index (χ4n) is 2.55. The molecule has 0 unspecified atom stereocenters. The molecular formula is C12H14N4OS. The molecule has 0 amide bonds. The fraction of sp³-hybridized carbons (Fsp3) is 0.417. The highest BCUT2D eigenvalue weighted by atomic mass is 32.1. The van der Waals surface area contributed by atoms with Crippen molar-refractivity contribution in [2.24, 2.45) is 0 Å². The van der Waals surface area contributed by atoms with Crippen molar-refractivity contribution in [3.63, 3.8) is 0 Å². The van der Waals surface area contributed by atoms with Crippen LogP contribution in [0.1, 0.15) is 24.6 Å². The molecule has 0 saturated heterocycles. The first-order valence-electron chi connectivity index (χ1n) is 6.05. The van der Waals surface area contributed by atoms with E-state index in [1.54, 1.807) is 0 Å². The second-order valence-electron chi connectivity index (χ2n) is 4.38. The second-order valence-corrected chi connectivity index (χ2v) is 5.39. The van der Waals surface area contributed by atoms with E-state index in [1.807, 2.05) is 17.6 Å². The summed E-state index contributed by atoms with van der Waals surface area (Å²) in [5.74, 6) is 0. The Labute approximate surface area is 108 Å². The second kappa shape index (κ2) is 4.20. The Bertz CT molecular complexity index is 659. The predicted octanol–water partition coefficient (Wildman–Crippen LogP) is 1.46. The molecule has 0 aliphatic heterocycles. The number of aromatic nitrogens is 3. The lowest BCUT2D eigenvalue weighted by Crippen LogP contribution is -2.24. The van der Waals surface area contributed by atoms with Crippen LogP contribution in [0, 0.1) is 0 Å². The van der Waals surface area contributed by atoms with Crippen molar-refractivity contribution in [1.82, 2.24) is 14.8 Å². The Hall–Kier alpha value is -1.69. The van der Waals surface area contributed by atoms with E-state index in [2.05, 4.69) is 10.2 Å². The summed E-state index contributed by atoms with van der Waals surface area (Å²) in [5, 5.41) is 8.78. The van der Waals surface area contributed by atoms with Crippen LogP contribution in [-0.4, -0.2) is 14.8 Å². The Morgan fingerprint density at radius 1 is 1.44 bits per heavy atom. The zero-order valence-corrected chi connectivity index (χ0v) is 11.0. The number of nitrogens with two attached hydrogens (primary N) is 1. The van der Waals surface area contributed by atoms with Gasteiger partial charge in [0.15, 0.2) is 5.01 Å². The van der Waals surface area contributed by atoms with Crippen LogP contribution in [0.5, 0.6) is 0 Å². The molecule has 18 heavy (non-hydrogen) atoms. The third-order valence-corrected chi connectivity index (χ3v) is 4.12. The van der Waals surface area contributed by atoms with Crippen LogP contribution >= 0.6 is 11.3 Å². The minimum absolute atomic E-state index is 0.0225. The van der Waals surface area contributed by atoms with Crippen LogP contribution in [0.15, 0.2) is 10.9 Å². The molecule has 0 fully saturated rings. The fourth-order valence-corrected chi connectivity index (χ4v) is 3.17. The molecule has 0 atom stereocenters. The highest BCUT2D eigenvalue weighted by Crippen LogP contribution is 2.27. The van der Waals surface area contributed by atoms with Gasteiger partial charge in [0.1, 0.15) is 0 Å². The highest BCUT2D eigenvalue weighted by Gasteiger charge is 2.20. The number of pyridine rings is 1. The number of hydrogen-bond acceptors (Lipinski definition) is 5. The Balaban J connectivity index is 2.25. The minimum Gasteiger partial charge on any atom is -0.374 e. The lowest BCUT2D eigenvalue weighted by Gasteiger charge is -2.11. The van der Waals surface area contributed by atoms with Crippen LogP contribution < -0.4 is 11.3 Å². The molecule has 0 spiro atoms. The Morgan fingerprint density at radius 3 is 2.94 bits per heavy atom. The van der Waals surface area contributed by atoms with Gasteiger partial charge in [-0.25, -0.2) is 0 Å². The summed E-state index contributed by atoms with van der Waals surface area (Å²) in [7, 11) is 0. The van der Waals surface area contributed by atoms with Gasteiger partial charge in [-0.3, -0.25) is 4.79 Å². The van der Waals surface area contributed by atoms with Crippen LogP contribution in [0.4, 0.5) is 5.13 Å². The highest BCUT2D eigenvalue weighted by molar-refractivity contribution is 7.18. The maximum atomic E-state index is 12.4. The average molecular weight is 262 g/mol. The molecule has 2 aromatic heterocycles. The third-order valence-electron chi connectivity index (χ3n) is 3.34.